The van der Waals surface area contributed by atoms with E-state index in [1.54, 1.807) is 17.7 Å². The van der Waals surface area contributed by atoms with E-state index in [0.717, 1.165) is 23.3 Å². The van der Waals surface area contributed by atoms with Gasteiger partial charge in [-0.3, -0.25) is 0 Å². The summed E-state index contributed by atoms with van der Waals surface area (Å²) >= 11 is 1.73. The third-order valence-corrected chi connectivity index (χ3v) is 4.26. The molecule has 4 nitrogen and oxygen atoms in total. The Morgan fingerprint density at radius 3 is 2.81 bits per heavy atom. The first-order valence-corrected chi connectivity index (χ1v) is 7.82. The highest BCUT2D eigenvalue weighted by Crippen LogP contribution is 2.23. The van der Waals surface area contributed by atoms with Crippen molar-refractivity contribution in [3.8, 4) is 0 Å². The van der Waals surface area contributed by atoms with E-state index in [1.165, 1.54) is 5.56 Å². The van der Waals surface area contributed by atoms with Crippen molar-refractivity contribution in [3.63, 3.8) is 0 Å². The highest BCUT2D eigenvalue weighted by atomic mass is 32.1. The number of rotatable bonds is 5. The quantitative estimate of drug-likeness (QED) is 0.784. The van der Waals surface area contributed by atoms with Gasteiger partial charge < -0.3 is 10.2 Å². The van der Waals surface area contributed by atoms with E-state index in [2.05, 4.69) is 51.1 Å². The number of likely N-dealkylation sites (N-methyl/N-ethyl adjacent to an activating group) is 1. The van der Waals surface area contributed by atoms with Gasteiger partial charge in [0.1, 0.15) is 12.1 Å². The summed E-state index contributed by atoms with van der Waals surface area (Å²) in [6.07, 6.45) is 1.61. The van der Waals surface area contributed by atoms with E-state index in [1.807, 2.05) is 24.3 Å². The molecule has 1 atom stereocenters. The van der Waals surface area contributed by atoms with Crippen molar-refractivity contribution in [1.82, 2.24) is 14.9 Å². The summed E-state index contributed by atoms with van der Waals surface area (Å²) in [6, 6.07) is 10.6. The highest BCUT2D eigenvalue weighted by molar-refractivity contribution is 7.07. The van der Waals surface area contributed by atoms with Crippen LogP contribution < -0.4 is 5.32 Å². The maximum Gasteiger partial charge on any atom is 0.137 e. The molecule has 0 fully saturated rings. The minimum atomic E-state index is 0.324. The van der Waals surface area contributed by atoms with Gasteiger partial charge in [0.2, 0.25) is 0 Å². The van der Waals surface area contributed by atoms with Gasteiger partial charge in [-0.15, -0.1) is 0 Å². The maximum absolute atomic E-state index is 4.38. The topological polar surface area (TPSA) is 41.0 Å². The lowest BCUT2D eigenvalue weighted by Gasteiger charge is -2.24. The molecule has 108 valence electrons. The zero-order chi connectivity index (χ0) is 14.7. The number of anilines is 1. The smallest absolute Gasteiger partial charge is 0.137 e. The van der Waals surface area contributed by atoms with Crippen molar-refractivity contribution in [2.24, 2.45) is 0 Å². The number of thiophene rings is 1. The molecule has 0 saturated heterocycles. The Morgan fingerprint density at radius 1 is 1.19 bits per heavy atom. The number of hydrogen-bond donors (Lipinski definition) is 1. The standard InChI is InChI=1S/C16H18N4S/c1-20(2)15(12-7-8-21-10-12)9-17-16-13-5-3-4-6-14(13)18-11-19-16/h3-8,10-11,15H,9H2,1-2H3,(H,17,18,19)/t15-/m0/s1. The van der Waals surface area contributed by atoms with E-state index in [9.17, 15) is 0 Å². The minimum Gasteiger partial charge on any atom is -0.368 e. The average molecular weight is 298 g/mol. The normalized spacial score (nSPS) is 12.7. The maximum atomic E-state index is 4.38. The predicted octanol–water partition coefficient (Wildman–Crippen LogP) is 3.41. The molecule has 2 aromatic heterocycles. The summed E-state index contributed by atoms with van der Waals surface area (Å²) < 4.78 is 0. The summed E-state index contributed by atoms with van der Waals surface area (Å²) in [7, 11) is 4.20. The molecular weight excluding hydrogens is 280 g/mol. The molecule has 2 heterocycles. The van der Waals surface area contributed by atoms with Gasteiger partial charge in [0.05, 0.1) is 11.6 Å². The molecule has 0 aliphatic rings. The second-order valence-electron chi connectivity index (χ2n) is 5.16. The average Bonchev–Trinajstić information content (AvgIpc) is 3.01. The lowest BCUT2D eigenvalue weighted by Crippen LogP contribution is -2.26. The van der Waals surface area contributed by atoms with Gasteiger partial charge in [-0.1, -0.05) is 12.1 Å². The summed E-state index contributed by atoms with van der Waals surface area (Å²) in [6.45, 7) is 0.810. The van der Waals surface area contributed by atoms with Crippen LogP contribution in [-0.4, -0.2) is 35.5 Å². The number of benzene rings is 1. The largest absolute Gasteiger partial charge is 0.368 e. The van der Waals surface area contributed by atoms with Crippen molar-refractivity contribution >= 4 is 28.1 Å². The van der Waals surface area contributed by atoms with Crippen molar-refractivity contribution in [2.45, 2.75) is 6.04 Å². The van der Waals surface area contributed by atoms with Crippen molar-refractivity contribution in [1.29, 1.82) is 0 Å². The molecule has 1 N–H and O–H groups in total. The molecule has 3 rings (SSSR count). The van der Waals surface area contributed by atoms with Gasteiger partial charge in [-0.25, -0.2) is 9.97 Å². The Bertz CT molecular complexity index is 704. The number of hydrogen-bond acceptors (Lipinski definition) is 5. The van der Waals surface area contributed by atoms with Crippen LogP contribution in [0.5, 0.6) is 0 Å². The SMILES string of the molecule is CN(C)[C@@H](CNc1ncnc2ccccc12)c1ccsc1. The first kappa shape index (κ1) is 14.0. The third-order valence-electron chi connectivity index (χ3n) is 3.56. The van der Waals surface area contributed by atoms with Crippen LogP contribution in [0.1, 0.15) is 11.6 Å². The second-order valence-corrected chi connectivity index (χ2v) is 5.94. The number of aromatic nitrogens is 2. The number of nitrogens with one attached hydrogen (secondary N) is 1. The van der Waals surface area contributed by atoms with Gasteiger partial charge in [-0.05, 0) is 48.6 Å². The van der Waals surface area contributed by atoms with E-state index in [4.69, 9.17) is 0 Å². The van der Waals surface area contributed by atoms with Crippen LogP contribution in [0.3, 0.4) is 0 Å². The summed E-state index contributed by atoms with van der Waals surface area (Å²) in [5.74, 6) is 0.891. The van der Waals surface area contributed by atoms with Crippen LogP contribution in [0, 0.1) is 0 Å². The zero-order valence-electron chi connectivity index (χ0n) is 12.2. The Kier molecular flexibility index (Phi) is 4.13. The Morgan fingerprint density at radius 2 is 2.05 bits per heavy atom. The fourth-order valence-electron chi connectivity index (χ4n) is 2.40. The Hall–Kier alpha value is -1.98. The van der Waals surface area contributed by atoms with Gasteiger partial charge in [0, 0.05) is 11.9 Å². The van der Waals surface area contributed by atoms with E-state index >= 15 is 0 Å². The first-order chi connectivity index (χ1) is 10.3. The van der Waals surface area contributed by atoms with Gasteiger partial charge >= 0.3 is 0 Å². The van der Waals surface area contributed by atoms with Crippen LogP contribution in [0.15, 0.2) is 47.4 Å². The fourth-order valence-corrected chi connectivity index (χ4v) is 3.11. The molecule has 0 aliphatic heterocycles. The molecule has 1 aromatic carbocycles. The number of fused-ring (bicyclic) bond motifs is 1. The molecule has 21 heavy (non-hydrogen) atoms. The minimum absolute atomic E-state index is 0.324. The fraction of sp³-hybridized carbons (Fsp3) is 0.250. The molecule has 0 amide bonds. The van der Waals surface area contributed by atoms with Crippen LogP contribution in [0.25, 0.3) is 10.9 Å². The molecular formula is C16H18N4S. The predicted molar refractivity (Wildman–Crippen MR) is 88.8 cm³/mol. The molecule has 0 aliphatic carbocycles. The number of para-hydroxylation sites is 1. The first-order valence-electron chi connectivity index (χ1n) is 6.88. The molecule has 0 bridgehead atoms. The summed E-state index contributed by atoms with van der Waals surface area (Å²) in [5.41, 5.74) is 2.29. The lowest BCUT2D eigenvalue weighted by atomic mass is 10.1. The van der Waals surface area contributed by atoms with Crippen LogP contribution in [-0.2, 0) is 0 Å². The Balaban J connectivity index is 1.82. The van der Waals surface area contributed by atoms with E-state index in [0.29, 0.717) is 6.04 Å². The second kappa shape index (κ2) is 6.20. The molecule has 3 aromatic rings. The van der Waals surface area contributed by atoms with Crippen molar-refractivity contribution < 1.29 is 0 Å². The van der Waals surface area contributed by atoms with Crippen LogP contribution in [0.4, 0.5) is 5.82 Å². The zero-order valence-corrected chi connectivity index (χ0v) is 13.0. The van der Waals surface area contributed by atoms with Crippen LogP contribution in [0.2, 0.25) is 0 Å². The summed E-state index contributed by atoms with van der Waals surface area (Å²) in [5, 5.41) is 8.84. The number of nitrogens with zero attached hydrogens (tertiary/aromatic N) is 3. The van der Waals surface area contributed by atoms with Crippen LogP contribution >= 0.6 is 11.3 Å². The summed E-state index contributed by atoms with van der Waals surface area (Å²) in [4.78, 5) is 10.9. The van der Waals surface area contributed by atoms with Crippen molar-refractivity contribution in [2.75, 3.05) is 26.0 Å². The third kappa shape index (κ3) is 3.04. The lowest BCUT2D eigenvalue weighted by molar-refractivity contribution is 0.312. The molecule has 5 heteroatoms. The highest BCUT2D eigenvalue weighted by Gasteiger charge is 2.15. The molecule has 0 spiro atoms. The van der Waals surface area contributed by atoms with Crippen molar-refractivity contribution in [3.05, 3.63) is 53.0 Å². The van der Waals surface area contributed by atoms with Gasteiger partial charge in [0.25, 0.3) is 0 Å². The molecule has 0 unspecified atom stereocenters. The van der Waals surface area contributed by atoms with E-state index in [-0.39, 0.29) is 0 Å². The van der Waals surface area contributed by atoms with Gasteiger partial charge in [-0.2, -0.15) is 11.3 Å². The monoisotopic (exact) mass is 298 g/mol. The van der Waals surface area contributed by atoms with Gasteiger partial charge in [0.15, 0.2) is 0 Å². The molecule has 0 saturated carbocycles. The Labute approximate surface area is 128 Å². The van der Waals surface area contributed by atoms with E-state index < -0.39 is 0 Å². The molecule has 0 radical (unpaired) electrons.